The van der Waals surface area contributed by atoms with E-state index in [0.717, 1.165) is 5.56 Å². The van der Waals surface area contributed by atoms with Gasteiger partial charge in [0, 0.05) is 0 Å². The molecule has 1 N–H and O–H groups in total. The molecule has 2 aromatic carbocycles. The quantitative estimate of drug-likeness (QED) is 0.596. The first-order chi connectivity index (χ1) is 13.6. The Kier molecular flexibility index (Phi) is 5.68. The van der Waals surface area contributed by atoms with Crippen molar-refractivity contribution in [2.75, 3.05) is 10.8 Å². The molecule has 0 aromatic heterocycles. The minimum atomic E-state index is -4.20. The first-order valence-electron chi connectivity index (χ1n) is 8.92. The van der Waals surface area contributed by atoms with Crippen LogP contribution in [0.4, 0.5) is 10.1 Å². The van der Waals surface area contributed by atoms with Gasteiger partial charge in [-0.05, 0) is 17.7 Å². The average molecular weight is 433 g/mol. The standard InChI is InChI=1S/C20H21FN2O4SSi/c1-29(2,3)12-11-16-9-10-17(27-14-15-7-5-4-6-8-15)20(19(16)21)23-13-18(24)22-28(23,25)26/h4-10H,13-14H2,1-3H3,(H,22,24). The second-order valence-corrected chi connectivity index (χ2v) is 13.9. The van der Waals surface area contributed by atoms with Crippen molar-refractivity contribution in [1.82, 2.24) is 4.72 Å². The van der Waals surface area contributed by atoms with Crippen molar-refractivity contribution in [1.29, 1.82) is 0 Å². The van der Waals surface area contributed by atoms with Crippen LogP contribution in [0.15, 0.2) is 42.5 Å². The minimum absolute atomic E-state index is 0.0185. The van der Waals surface area contributed by atoms with E-state index in [2.05, 4.69) is 11.5 Å². The number of nitrogens with one attached hydrogen (secondary N) is 1. The molecule has 1 amide bonds. The van der Waals surface area contributed by atoms with Gasteiger partial charge in [-0.3, -0.25) is 4.79 Å². The van der Waals surface area contributed by atoms with Crippen LogP contribution >= 0.6 is 0 Å². The molecule has 0 radical (unpaired) electrons. The molecule has 2 aromatic rings. The summed E-state index contributed by atoms with van der Waals surface area (Å²) in [6, 6.07) is 12.1. The zero-order valence-electron chi connectivity index (χ0n) is 16.3. The van der Waals surface area contributed by atoms with E-state index in [1.807, 2.05) is 54.7 Å². The van der Waals surface area contributed by atoms with Crippen molar-refractivity contribution in [3.8, 4) is 17.2 Å². The number of anilines is 1. The fourth-order valence-electron chi connectivity index (χ4n) is 2.63. The highest BCUT2D eigenvalue weighted by Gasteiger charge is 2.38. The number of benzene rings is 2. The lowest BCUT2D eigenvalue weighted by Gasteiger charge is -2.20. The van der Waals surface area contributed by atoms with Crippen molar-refractivity contribution >= 4 is 29.9 Å². The third-order valence-electron chi connectivity index (χ3n) is 3.96. The predicted octanol–water partition coefficient (Wildman–Crippen LogP) is 2.81. The number of rotatable bonds is 4. The average Bonchev–Trinajstić information content (AvgIpc) is 2.91. The molecule has 0 atom stereocenters. The van der Waals surface area contributed by atoms with Crippen molar-refractivity contribution in [2.24, 2.45) is 0 Å². The van der Waals surface area contributed by atoms with Gasteiger partial charge in [0.2, 0.25) is 0 Å². The molecule has 0 saturated carbocycles. The third-order valence-corrected chi connectivity index (χ3v) is 6.21. The van der Waals surface area contributed by atoms with E-state index in [0.29, 0.717) is 4.31 Å². The molecular weight excluding hydrogens is 411 g/mol. The van der Waals surface area contributed by atoms with E-state index in [1.54, 1.807) is 0 Å². The maximum Gasteiger partial charge on any atom is 0.326 e. The lowest BCUT2D eigenvalue weighted by molar-refractivity contribution is -0.117. The zero-order valence-corrected chi connectivity index (χ0v) is 18.1. The van der Waals surface area contributed by atoms with Crippen molar-refractivity contribution in [2.45, 2.75) is 26.2 Å². The molecule has 0 unspecified atom stereocenters. The number of carbonyl (C=O) groups excluding carboxylic acids is 1. The molecule has 0 spiro atoms. The topological polar surface area (TPSA) is 75.7 Å². The van der Waals surface area contributed by atoms with Crippen molar-refractivity contribution < 1.29 is 22.3 Å². The lowest BCUT2D eigenvalue weighted by atomic mass is 10.1. The number of hydrogen-bond acceptors (Lipinski definition) is 4. The summed E-state index contributed by atoms with van der Waals surface area (Å²) in [5.41, 5.74) is 3.64. The molecule has 1 heterocycles. The van der Waals surface area contributed by atoms with Gasteiger partial charge in [-0.15, -0.1) is 5.54 Å². The van der Waals surface area contributed by atoms with Gasteiger partial charge in [-0.25, -0.2) is 13.4 Å². The van der Waals surface area contributed by atoms with Crippen LogP contribution < -0.4 is 13.8 Å². The van der Waals surface area contributed by atoms with Crippen LogP contribution in [0.25, 0.3) is 0 Å². The van der Waals surface area contributed by atoms with E-state index in [1.165, 1.54) is 12.1 Å². The van der Waals surface area contributed by atoms with Gasteiger partial charge >= 0.3 is 10.2 Å². The maximum absolute atomic E-state index is 15.3. The molecular formula is C20H21FN2O4SSi. The summed E-state index contributed by atoms with van der Waals surface area (Å²) in [6.07, 6.45) is 0. The highest BCUT2D eigenvalue weighted by Crippen LogP contribution is 2.36. The van der Waals surface area contributed by atoms with Gasteiger partial charge in [0.1, 0.15) is 32.7 Å². The van der Waals surface area contributed by atoms with Gasteiger partial charge in [0.15, 0.2) is 5.82 Å². The Hall–Kier alpha value is -2.83. The van der Waals surface area contributed by atoms with E-state index in [4.69, 9.17) is 4.74 Å². The van der Waals surface area contributed by atoms with Crippen LogP contribution in [-0.2, 0) is 21.6 Å². The number of hydrogen-bond donors (Lipinski definition) is 1. The molecule has 1 saturated heterocycles. The highest BCUT2D eigenvalue weighted by atomic mass is 32.2. The first-order valence-corrected chi connectivity index (χ1v) is 13.9. The molecule has 3 rings (SSSR count). The van der Waals surface area contributed by atoms with Crippen LogP contribution in [0, 0.1) is 17.3 Å². The lowest BCUT2D eigenvalue weighted by Crippen LogP contribution is -2.30. The Morgan fingerprint density at radius 2 is 1.86 bits per heavy atom. The van der Waals surface area contributed by atoms with Gasteiger partial charge in [0.25, 0.3) is 5.91 Å². The Morgan fingerprint density at radius 1 is 1.17 bits per heavy atom. The monoisotopic (exact) mass is 432 g/mol. The SMILES string of the molecule is C[Si](C)(C)C#Cc1ccc(OCc2ccccc2)c(N2CC(=O)NS2(=O)=O)c1F. The smallest absolute Gasteiger partial charge is 0.326 e. The van der Waals surface area contributed by atoms with Crippen molar-refractivity contribution in [3.63, 3.8) is 0 Å². The molecule has 1 aliphatic rings. The van der Waals surface area contributed by atoms with Crippen LogP contribution in [0.3, 0.4) is 0 Å². The number of nitrogens with zero attached hydrogens (tertiary/aromatic N) is 1. The van der Waals surface area contributed by atoms with E-state index < -0.39 is 36.6 Å². The Morgan fingerprint density at radius 3 is 2.45 bits per heavy atom. The number of halogens is 1. The normalized spacial score (nSPS) is 15.4. The number of carbonyl (C=O) groups is 1. The Bertz CT molecular complexity index is 1100. The Labute approximate surface area is 170 Å². The van der Waals surface area contributed by atoms with E-state index >= 15 is 4.39 Å². The van der Waals surface area contributed by atoms with Gasteiger partial charge in [-0.1, -0.05) is 55.9 Å². The molecule has 9 heteroatoms. The molecule has 0 bridgehead atoms. The maximum atomic E-state index is 15.3. The predicted molar refractivity (Wildman–Crippen MR) is 112 cm³/mol. The summed E-state index contributed by atoms with van der Waals surface area (Å²) in [4.78, 5) is 11.7. The summed E-state index contributed by atoms with van der Waals surface area (Å²) in [7, 11) is -5.98. The largest absolute Gasteiger partial charge is 0.487 e. The molecule has 152 valence electrons. The second kappa shape index (κ2) is 7.89. The first kappa shape index (κ1) is 20.9. The minimum Gasteiger partial charge on any atom is -0.487 e. The summed E-state index contributed by atoms with van der Waals surface area (Å²) in [6.45, 7) is 5.64. The van der Waals surface area contributed by atoms with E-state index in [-0.39, 0.29) is 23.6 Å². The van der Waals surface area contributed by atoms with Gasteiger partial charge < -0.3 is 4.74 Å². The fourth-order valence-corrected chi connectivity index (χ4v) is 4.30. The third kappa shape index (κ3) is 4.96. The summed E-state index contributed by atoms with van der Waals surface area (Å²) in [5, 5.41) is 0. The molecule has 0 aliphatic carbocycles. The van der Waals surface area contributed by atoms with Crippen LogP contribution in [0.2, 0.25) is 19.6 Å². The molecule has 6 nitrogen and oxygen atoms in total. The van der Waals surface area contributed by atoms with Crippen LogP contribution in [-0.4, -0.2) is 28.9 Å². The molecule has 29 heavy (non-hydrogen) atoms. The van der Waals surface area contributed by atoms with Crippen molar-refractivity contribution in [3.05, 3.63) is 59.4 Å². The van der Waals surface area contributed by atoms with Gasteiger partial charge in [-0.2, -0.15) is 8.42 Å². The molecule has 1 aliphatic heterocycles. The Balaban J connectivity index is 2.06. The summed E-state index contributed by atoms with van der Waals surface area (Å²) < 4.78 is 48.2. The zero-order chi connectivity index (χ0) is 21.2. The van der Waals surface area contributed by atoms with Gasteiger partial charge in [0.05, 0.1) is 5.56 Å². The fraction of sp³-hybridized carbons (Fsp3) is 0.250. The second-order valence-electron chi connectivity index (χ2n) is 7.59. The number of ether oxygens (including phenoxy) is 1. The highest BCUT2D eigenvalue weighted by molar-refractivity contribution is 7.92. The van der Waals surface area contributed by atoms with Crippen LogP contribution in [0.5, 0.6) is 5.75 Å². The van der Waals surface area contributed by atoms with E-state index in [9.17, 15) is 13.2 Å². The molecule has 1 fully saturated rings. The summed E-state index contributed by atoms with van der Waals surface area (Å²) in [5.74, 6) is 1.26. The van der Waals surface area contributed by atoms with Crippen LogP contribution in [0.1, 0.15) is 11.1 Å². The summed E-state index contributed by atoms with van der Waals surface area (Å²) >= 11 is 0. The number of amides is 1.